The number of nitrogens with zero attached hydrogens (tertiary/aromatic N) is 1. The molecule has 0 saturated carbocycles. The van der Waals surface area contributed by atoms with Crippen LogP contribution in [0.25, 0.3) is 0 Å². The summed E-state index contributed by atoms with van der Waals surface area (Å²) in [4.78, 5) is 22.1. The molecule has 6 nitrogen and oxygen atoms in total. The molecule has 110 valence electrons. The van der Waals surface area contributed by atoms with Crippen LogP contribution in [0.1, 0.15) is 32.8 Å². The lowest BCUT2D eigenvalue weighted by Crippen LogP contribution is -2.38. The van der Waals surface area contributed by atoms with E-state index < -0.39 is 4.92 Å². The standard InChI is InChI=1S/C14H21N3O3/c1-9-7-10(17(19)20)5-6-11(9)16-13(18)8-12(15)14(2,3)4/h5-7,12H,8,15H2,1-4H3,(H,16,18). The highest BCUT2D eigenvalue weighted by Gasteiger charge is 2.23. The third-order valence-electron chi connectivity index (χ3n) is 3.21. The highest BCUT2D eigenvalue weighted by Crippen LogP contribution is 2.23. The van der Waals surface area contributed by atoms with Crippen LogP contribution in [-0.4, -0.2) is 16.9 Å². The lowest BCUT2D eigenvalue weighted by molar-refractivity contribution is -0.384. The molecule has 0 heterocycles. The van der Waals surface area contributed by atoms with Crippen molar-refractivity contribution in [2.45, 2.75) is 40.2 Å². The molecule has 1 atom stereocenters. The zero-order valence-corrected chi connectivity index (χ0v) is 12.3. The molecule has 0 bridgehead atoms. The summed E-state index contributed by atoms with van der Waals surface area (Å²) in [6, 6.07) is 4.08. The smallest absolute Gasteiger partial charge is 0.269 e. The Hall–Kier alpha value is -1.95. The molecule has 0 aromatic heterocycles. The van der Waals surface area contributed by atoms with Crippen LogP contribution in [0.5, 0.6) is 0 Å². The van der Waals surface area contributed by atoms with Crippen molar-refractivity contribution >= 4 is 17.3 Å². The number of nitro groups is 1. The minimum absolute atomic E-state index is 0.00638. The third kappa shape index (κ3) is 4.31. The summed E-state index contributed by atoms with van der Waals surface area (Å²) in [5, 5.41) is 13.4. The normalized spacial score (nSPS) is 12.8. The predicted molar refractivity (Wildman–Crippen MR) is 78.5 cm³/mol. The molecule has 1 unspecified atom stereocenters. The number of hydrogen-bond acceptors (Lipinski definition) is 4. The summed E-state index contributed by atoms with van der Waals surface area (Å²) in [7, 11) is 0. The van der Waals surface area contributed by atoms with Crippen LogP contribution in [0.2, 0.25) is 0 Å². The van der Waals surface area contributed by atoms with Crippen LogP contribution in [-0.2, 0) is 4.79 Å². The molecule has 1 rings (SSSR count). The maximum atomic E-state index is 11.9. The topological polar surface area (TPSA) is 98.3 Å². The van der Waals surface area contributed by atoms with Gasteiger partial charge in [0.25, 0.3) is 5.69 Å². The average Bonchev–Trinajstić information content (AvgIpc) is 2.30. The van der Waals surface area contributed by atoms with Gasteiger partial charge in [-0.05, 0) is 24.0 Å². The van der Waals surface area contributed by atoms with Crippen molar-refractivity contribution in [1.29, 1.82) is 0 Å². The molecule has 0 spiro atoms. The van der Waals surface area contributed by atoms with Crippen molar-refractivity contribution in [2.24, 2.45) is 11.1 Å². The van der Waals surface area contributed by atoms with Gasteiger partial charge in [-0.3, -0.25) is 14.9 Å². The molecule has 6 heteroatoms. The molecule has 1 amide bonds. The van der Waals surface area contributed by atoms with E-state index in [0.717, 1.165) is 0 Å². The Balaban J connectivity index is 2.74. The van der Waals surface area contributed by atoms with Gasteiger partial charge in [-0.2, -0.15) is 0 Å². The molecule has 0 fully saturated rings. The van der Waals surface area contributed by atoms with Gasteiger partial charge in [-0.25, -0.2) is 0 Å². The van der Waals surface area contributed by atoms with Crippen LogP contribution >= 0.6 is 0 Å². The number of hydrogen-bond donors (Lipinski definition) is 2. The Bertz CT molecular complexity index is 521. The molecule has 0 aliphatic carbocycles. The Morgan fingerprint density at radius 2 is 2.05 bits per heavy atom. The zero-order valence-electron chi connectivity index (χ0n) is 12.3. The molecular weight excluding hydrogens is 258 g/mol. The van der Waals surface area contributed by atoms with Crippen LogP contribution in [0.15, 0.2) is 18.2 Å². The summed E-state index contributed by atoms with van der Waals surface area (Å²) in [6.45, 7) is 7.64. The average molecular weight is 279 g/mol. The monoisotopic (exact) mass is 279 g/mol. The van der Waals surface area contributed by atoms with Gasteiger partial charge in [-0.1, -0.05) is 20.8 Å². The summed E-state index contributed by atoms with van der Waals surface area (Å²) in [5.41, 5.74) is 7.03. The minimum atomic E-state index is -0.464. The first-order valence-corrected chi connectivity index (χ1v) is 6.41. The summed E-state index contributed by atoms with van der Waals surface area (Å²) in [6.07, 6.45) is 0.208. The number of rotatable bonds is 4. The second kappa shape index (κ2) is 6.00. The van der Waals surface area contributed by atoms with E-state index in [4.69, 9.17) is 5.73 Å². The van der Waals surface area contributed by atoms with E-state index in [2.05, 4.69) is 5.32 Å². The molecule has 0 aliphatic heterocycles. The molecule has 1 aromatic carbocycles. The molecular formula is C14H21N3O3. The van der Waals surface area contributed by atoms with Gasteiger partial charge >= 0.3 is 0 Å². The Morgan fingerprint density at radius 1 is 1.45 bits per heavy atom. The number of amides is 1. The number of anilines is 1. The number of non-ortho nitro benzene ring substituents is 1. The second-order valence-corrected chi connectivity index (χ2v) is 5.98. The van der Waals surface area contributed by atoms with E-state index >= 15 is 0 Å². The largest absolute Gasteiger partial charge is 0.327 e. The van der Waals surface area contributed by atoms with Crippen LogP contribution in [0, 0.1) is 22.5 Å². The number of benzene rings is 1. The van der Waals surface area contributed by atoms with E-state index in [1.807, 2.05) is 20.8 Å². The Kier molecular flexibility index (Phi) is 4.83. The first-order valence-electron chi connectivity index (χ1n) is 6.41. The van der Waals surface area contributed by atoms with Gasteiger partial charge in [0.15, 0.2) is 0 Å². The van der Waals surface area contributed by atoms with Crippen molar-refractivity contribution in [2.75, 3.05) is 5.32 Å². The van der Waals surface area contributed by atoms with Crippen LogP contribution in [0.3, 0.4) is 0 Å². The van der Waals surface area contributed by atoms with E-state index in [9.17, 15) is 14.9 Å². The molecule has 0 radical (unpaired) electrons. The number of carbonyl (C=O) groups excluding carboxylic acids is 1. The first-order chi connectivity index (χ1) is 9.11. The van der Waals surface area contributed by atoms with Crippen LogP contribution in [0.4, 0.5) is 11.4 Å². The summed E-state index contributed by atoms with van der Waals surface area (Å²) >= 11 is 0. The van der Waals surface area contributed by atoms with Gasteiger partial charge < -0.3 is 11.1 Å². The lowest BCUT2D eigenvalue weighted by Gasteiger charge is -2.26. The van der Waals surface area contributed by atoms with E-state index in [1.165, 1.54) is 18.2 Å². The fraction of sp³-hybridized carbons (Fsp3) is 0.500. The lowest BCUT2D eigenvalue weighted by atomic mass is 9.85. The summed E-state index contributed by atoms with van der Waals surface area (Å²) in [5.74, 6) is -0.190. The molecule has 20 heavy (non-hydrogen) atoms. The van der Waals surface area contributed by atoms with Gasteiger partial charge in [0, 0.05) is 30.3 Å². The van der Waals surface area contributed by atoms with Gasteiger partial charge in [0.05, 0.1) is 4.92 Å². The SMILES string of the molecule is Cc1cc([N+](=O)[O-])ccc1NC(=O)CC(N)C(C)(C)C. The van der Waals surface area contributed by atoms with Gasteiger partial charge in [-0.15, -0.1) is 0 Å². The first kappa shape index (κ1) is 16.1. The maximum absolute atomic E-state index is 11.9. The number of nitro benzene ring substituents is 1. The molecule has 0 saturated heterocycles. The molecule has 3 N–H and O–H groups in total. The Morgan fingerprint density at radius 3 is 2.50 bits per heavy atom. The highest BCUT2D eigenvalue weighted by molar-refractivity contribution is 5.92. The summed E-state index contributed by atoms with van der Waals surface area (Å²) < 4.78 is 0. The maximum Gasteiger partial charge on any atom is 0.269 e. The number of nitrogens with one attached hydrogen (secondary N) is 1. The molecule has 1 aromatic rings. The second-order valence-electron chi connectivity index (χ2n) is 5.98. The third-order valence-corrected chi connectivity index (χ3v) is 3.21. The Labute approximate surface area is 118 Å². The van der Waals surface area contributed by atoms with Gasteiger partial charge in [0.2, 0.25) is 5.91 Å². The number of carbonyl (C=O) groups is 1. The van der Waals surface area contributed by atoms with Crippen molar-refractivity contribution in [3.63, 3.8) is 0 Å². The molecule has 0 aliphatic rings. The fourth-order valence-corrected chi connectivity index (χ4v) is 1.61. The van der Waals surface area contributed by atoms with E-state index in [-0.39, 0.29) is 29.5 Å². The number of nitrogens with two attached hydrogens (primary N) is 1. The quantitative estimate of drug-likeness (QED) is 0.653. The zero-order chi connectivity index (χ0) is 15.5. The van der Waals surface area contributed by atoms with Crippen molar-refractivity contribution in [3.8, 4) is 0 Å². The van der Waals surface area contributed by atoms with Crippen molar-refractivity contribution in [1.82, 2.24) is 0 Å². The van der Waals surface area contributed by atoms with Crippen LogP contribution < -0.4 is 11.1 Å². The fourth-order valence-electron chi connectivity index (χ4n) is 1.61. The minimum Gasteiger partial charge on any atom is -0.327 e. The highest BCUT2D eigenvalue weighted by atomic mass is 16.6. The van der Waals surface area contributed by atoms with E-state index in [0.29, 0.717) is 11.3 Å². The van der Waals surface area contributed by atoms with Crippen molar-refractivity contribution in [3.05, 3.63) is 33.9 Å². The van der Waals surface area contributed by atoms with Crippen molar-refractivity contribution < 1.29 is 9.72 Å². The van der Waals surface area contributed by atoms with E-state index in [1.54, 1.807) is 6.92 Å². The number of aryl methyl sites for hydroxylation is 1. The predicted octanol–water partition coefficient (Wildman–Crippen LogP) is 2.61. The van der Waals surface area contributed by atoms with Gasteiger partial charge in [0.1, 0.15) is 0 Å².